The molecule has 1 aliphatic rings. The van der Waals surface area contributed by atoms with Crippen molar-refractivity contribution in [2.75, 3.05) is 13.1 Å². The Balaban J connectivity index is -0.0000000203. The third-order valence-electron chi connectivity index (χ3n) is 0.882. The molecule has 1 saturated heterocycles. The summed E-state index contributed by atoms with van der Waals surface area (Å²) in [7, 11) is 0. The zero-order valence-corrected chi connectivity index (χ0v) is 9.50. The first-order valence-corrected chi connectivity index (χ1v) is 3.15. The van der Waals surface area contributed by atoms with Gasteiger partial charge in [-0.2, -0.15) is 0 Å². The van der Waals surface area contributed by atoms with E-state index in [4.69, 9.17) is 23.3 Å². The second-order valence-corrected chi connectivity index (χ2v) is 1.38. The first-order valence-electron chi connectivity index (χ1n) is 3.15. The van der Waals surface area contributed by atoms with Crippen LogP contribution in [0.25, 0.3) is 5.32 Å². The molecule has 1 heterocycles. The van der Waals surface area contributed by atoms with Gasteiger partial charge >= 0.3 is 73.9 Å². The molecule has 0 aromatic carbocycles. The summed E-state index contributed by atoms with van der Waals surface area (Å²) in [4.78, 5) is 0. The molecule has 0 aromatic rings. The summed E-state index contributed by atoms with van der Waals surface area (Å²) in [5.74, 6) is 0. The topological polar surface area (TPSA) is 114 Å². The normalized spacial score (nSPS) is 8.12. The summed E-state index contributed by atoms with van der Waals surface area (Å²) in [6.07, 6.45) is 2.67. The second-order valence-electron chi connectivity index (χ2n) is 1.38. The van der Waals surface area contributed by atoms with Crippen LogP contribution in [-0.4, -0.2) is 13.1 Å². The summed E-state index contributed by atoms with van der Waals surface area (Å²) >= 11 is 0. The van der Waals surface area contributed by atoms with Gasteiger partial charge < -0.3 is 5.32 Å². The van der Waals surface area contributed by atoms with Gasteiger partial charge in [0.05, 0.1) is 0 Å². The molecule has 0 aliphatic carbocycles. The molecule has 0 amide bonds. The Hall–Kier alpha value is -0.808. The van der Waals surface area contributed by atoms with Crippen LogP contribution in [0, 0.1) is 33.3 Å². The average Bonchev–Trinajstić information content (AvgIpc) is 3.00. The maximum atomic E-state index is 7.50. The Kier molecular flexibility index (Phi) is 318. The first kappa shape index (κ1) is 36.2. The Labute approximate surface area is 106 Å². The fraction of sp³-hybridized carbons (Fsp3) is 0.444. The molecule has 1 aliphatic heterocycles. The van der Waals surface area contributed by atoms with Crippen LogP contribution < -0.4 is 0 Å². The largest absolute Gasteiger partial charge is 6.00 e. The first-order chi connectivity index (χ1) is 7.50. The Morgan fingerprint density at radius 3 is 0.812 bits per heavy atom. The van der Waals surface area contributed by atoms with Crippen molar-refractivity contribution in [1.29, 1.82) is 0 Å². The van der Waals surface area contributed by atoms with Crippen molar-refractivity contribution in [1.82, 2.24) is 0 Å². The van der Waals surface area contributed by atoms with E-state index in [1.807, 2.05) is 0 Å². The predicted molar refractivity (Wildman–Crippen MR) is 42.0 cm³/mol. The maximum absolute atomic E-state index is 7.50. The van der Waals surface area contributed by atoms with Crippen LogP contribution in [0.4, 0.5) is 0 Å². The van der Waals surface area contributed by atoms with E-state index in [0.717, 1.165) is 13.1 Å². The number of nitrogens with zero attached hydrogens (tertiary/aromatic N) is 1. The van der Waals surface area contributed by atoms with Crippen molar-refractivity contribution in [3.63, 3.8) is 0 Å². The van der Waals surface area contributed by atoms with Crippen molar-refractivity contribution < 1.29 is 40.6 Å². The van der Waals surface area contributed by atoms with Crippen molar-refractivity contribution in [3.05, 3.63) is 38.6 Å². The maximum Gasteiger partial charge on any atom is 6.00 e. The van der Waals surface area contributed by atoms with Gasteiger partial charge in [-0.1, -0.05) is 12.8 Å². The van der Waals surface area contributed by atoms with Gasteiger partial charge in [0.15, 0.2) is 0 Å². The van der Waals surface area contributed by atoms with Gasteiger partial charge in [0.25, 0.3) is 0 Å². The van der Waals surface area contributed by atoms with E-state index in [-0.39, 0.29) is 17.4 Å². The number of hydrogen-bond acceptors (Lipinski definition) is 0. The molecule has 0 saturated carbocycles. The van der Waals surface area contributed by atoms with Gasteiger partial charge in [-0.25, -0.2) is 0 Å². The molecular formula is C9H8CrNO5+5. The van der Waals surface area contributed by atoms with E-state index in [1.54, 1.807) is 0 Å². The van der Waals surface area contributed by atoms with Crippen LogP contribution in [0.15, 0.2) is 0 Å². The summed E-state index contributed by atoms with van der Waals surface area (Å²) in [5, 5.41) is 4.08. The van der Waals surface area contributed by atoms with E-state index < -0.39 is 0 Å². The fourth-order valence-electron chi connectivity index (χ4n) is 0.559. The molecule has 16 heavy (non-hydrogen) atoms. The molecule has 0 unspecified atom stereocenters. The Bertz CT molecular complexity index is 127. The third kappa shape index (κ3) is 112. The molecule has 6 nitrogen and oxygen atoms in total. The summed E-state index contributed by atoms with van der Waals surface area (Å²) in [6, 6.07) is 0. The monoisotopic (exact) mass is 262 g/mol. The van der Waals surface area contributed by atoms with Gasteiger partial charge in [0.1, 0.15) is 0 Å². The molecule has 0 atom stereocenters. The van der Waals surface area contributed by atoms with Crippen LogP contribution >= 0.6 is 0 Å². The minimum Gasteiger partial charge on any atom is 6.00 e. The fourth-order valence-corrected chi connectivity index (χ4v) is 0.559. The average molecular weight is 262 g/mol. The zero-order valence-electron chi connectivity index (χ0n) is 8.23. The molecule has 0 radical (unpaired) electrons. The molecule has 0 spiro atoms. The van der Waals surface area contributed by atoms with Crippen LogP contribution in [0.3, 0.4) is 0 Å². The summed E-state index contributed by atoms with van der Waals surface area (Å²) < 4.78 is 37.5. The molecule has 1 fully saturated rings. The van der Waals surface area contributed by atoms with Crippen molar-refractivity contribution >= 4 is 0 Å². The van der Waals surface area contributed by atoms with E-state index in [1.165, 1.54) is 12.8 Å². The van der Waals surface area contributed by atoms with Gasteiger partial charge in [-0.05, 0) is 0 Å². The minimum atomic E-state index is 0. The Morgan fingerprint density at radius 2 is 0.750 bits per heavy atom. The quantitative estimate of drug-likeness (QED) is 0.457. The number of rotatable bonds is 0. The zero-order chi connectivity index (χ0) is 13.5. The van der Waals surface area contributed by atoms with E-state index >= 15 is 0 Å². The van der Waals surface area contributed by atoms with Crippen molar-refractivity contribution in [2.24, 2.45) is 0 Å². The Morgan fingerprint density at radius 1 is 0.562 bits per heavy atom. The second kappa shape index (κ2) is 141. The van der Waals surface area contributed by atoms with Crippen LogP contribution in [0.5, 0.6) is 0 Å². The summed E-state index contributed by atoms with van der Waals surface area (Å²) in [5.41, 5.74) is 0. The van der Waals surface area contributed by atoms with Crippen LogP contribution in [0.1, 0.15) is 12.8 Å². The molecule has 1 rings (SSSR count). The van der Waals surface area contributed by atoms with E-state index in [2.05, 4.69) is 38.6 Å². The molecule has 0 bridgehead atoms. The SMILES string of the molecule is C1CC[N-]C1.[C-]#[O+].[C-]#[O+].[C-]#[O+].[C-]#[O+].[C-]#[O+].[Cr+6]. The molecule has 0 N–H and O–H groups in total. The predicted octanol–water partition coefficient (Wildman–Crippen LogP) is 0.964. The third-order valence-corrected chi connectivity index (χ3v) is 0.882. The van der Waals surface area contributed by atoms with Crippen LogP contribution in [-0.2, 0) is 40.6 Å². The minimum absolute atomic E-state index is 0. The molecule has 80 valence electrons. The molecular weight excluding hydrogens is 254 g/mol. The van der Waals surface area contributed by atoms with Gasteiger partial charge in [0.2, 0.25) is 0 Å². The van der Waals surface area contributed by atoms with E-state index in [9.17, 15) is 0 Å². The van der Waals surface area contributed by atoms with Crippen molar-refractivity contribution in [3.8, 4) is 0 Å². The molecule has 0 aromatic heterocycles. The van der Waals surface area contributed by atoms with Crippen molar-refractivity contribution in [2.45, 2.75) is 12.8 Å². The number of hydrogen-bond donors (Lipinski definition) is 0. The van der Waals surface area contributed by atoms with E-state index in [0.29, 0.717) is 0 Å². The summed E-state index contributed by atoms with van der Waals surface area (Å²) in [6.45, 7) is 24.8. The van der Waals surface area contributed by atoms with Crippen LogP contribution in [0.2, 0.25) is 0 Å². The molecule has 7 heteroatoms. The van der Waals surface area contributed by atoms with Gasteiger partial charge in [-0.3, -0.25) is 0 Å². The van der Waals surface area contributed by atoms with Gasteiger partial charge in [-0.15, -0.1) is 13.1 Å². The smallest absolute Gasteiger partial charge is 6.00 e. The standard InChI is InChI=1S/C4H8N.5CO.Cr/c1-2-4-5-3-1;5*1-2;/h1-4H2;;;;;;/q-1;;;;;;+6. The van der Waals surface area contributed by atoms with Gasteiger partial charge in [0, 0.05) is 0 Å².